The average molecular weight is 293 g/mol. The van der Waals surface area contributed by atoms with E-state index >= 15 is 0 Å². The van der Waals surface area contributed by atoms with Crippen molar-refractivity contribution in [3.63, 3.8) is 0 Å². The summed E-state index contributed by atoms with van der Waals surface area (Å²) in [5, 5.41) is 5.89. The van der Waals surface area contributed by atoms with Crippen molar-refractivity contribution in [2.45, 2.75) is 12.5 Å². The molecule has 0 aromatic heterocycles. The molecular formula is C14H19N3O4. The maximum Gasteiger partial charge on any atom is 0.243 e. The number of morpholine rings is 1. The van der Waals surface area contributed by atoms with Gasteiger partial charge in [0.15, 0.2) is 0 Å². The zero-order valence-corrected chi connectivity index (χ0v) is 11.6. The molecule has 1 heterocycles. The van der Waals surface area contributed by atoms with Crippen molar-refractivity contribution in [2.75, 3.05) is 31.7 Å². The van der Waals surface area contributed by atoms with E-state index in [9.17, 15) is 9.59 Å². The lowest BCUT2D eigenvalue weighted by atomic mass is 10.2. The van der Waals surface area contributed by atoms with Gasteiger partial charge in [-0.2, -0.15) is 0 Å². The molecule has 2 amide bonds. The molecule has 0 bridgehead atoms. The Morgan fingerprint density at radius 1 is 1.38 bits per heavy atom. The molecule has 1 aromatic carbocycles. The van der Waals surface area contributed by atoms with Gasteiger partial charge in [-0.15, -0.1) is 0 Å². The van der Waals surface area contributed by atoms with Crippen LogP contribution in [0.1, 0.15) is 6.42 Å². The van der Waals surface area contributed by atoms with E-state index in [1.165, 1.54) is 0 Å². The van der Waals surface area contributed by atoms with Gasteiger partial charge in [0.25, 0.3) is 0 Å². The molecule has 0 saturated carbocycles. The number of benzene rings is 1. The average Bonchev–Trinajstić information content (AvgIpc) is 2.49. The van der Waals surface area contributed by atoms with Crippen LogP contribution in [0.25, 0.3) is 0 Å². The van der Waals surface area contributed by atoms with E-state index in [2.05, 4.69) is 10.6 Å². The fourth-order valence-electron chi connectivity index (χ4n) is 1.87. The predicted octanol–water partition coefficient (Wildman–Crippen LogP) is -0.132. The van der Waals surface area contributed by atoms with Crippen molar-refractivity contribution in [1.29, 1.82) is 0 Å². The summed E-state index contributed by atoms with van der Waals surface area (Å²) in [7, 11) is 0. The molecule has 7 nitrogen and oxygen atoms in total. The van der Waals surface area contributed by atoms with Crippen LogP contribution in [0.3, 0.4) is 0 Å². The number of anilines is 1. The van der Waals surface area contributed by atoms with E-state index < -0.39 is 5.91 Å². The molecule has 0 spiro atoms. The molecule has 0 aliphatic carbocycles. The summed E-state index contributed by atoms with van der Waals surface area (Å²) in [5.74, 6) is 0.0894. The first-order valence-corrected chi connectivity index (χ1v) is 6.78. The number of carbonyl (C=O) groups is 2. The molecule has 1 unspecified atom stereocenters. The SMILES string of the molecule is NC(=O)CCOc1ccc(NC(=O)C2COCCN2)cc1. The first-order chi connectivity index (χ1) is 10.1. The molecule has 0 radical (unpaired) electrons. The van der Waals surface area contributed by atoms with E-state index in [1.54, 1.807) is 24.3 Å². The van der Waals surface area contributed by atoms with E-state index in [-0.39, 0.29) is 25.0 Å². The molecule has 21 heavy (non-hydrogen) atoms. The van der Waals surface area contributed by atoms with Gasteiger partial charge in [-0.3, -0.25) is 9.59 Å². The summed E-state index contributed by atoms with van der Waals surface area (Å²) in [5.41, 5.74) is 5.70. The Labute approximate surface area is 122 Å². The van der Waals surface area contributed by atoms with Gasteiger partial charge in [0.05, 0.1) is 26.2 Å². The number of carbonyl (C=O) groups excluding carboxylic acids is 2. The van der Waals surface area contributed by atoms with Gasteiger partial charge < -0.3 is 25.8 Å². The Hall–Kier alpha value is -2.12. The quantitative estimate of drug-likeness (QED) is 0.678. The number of amides is 2. The van der Waals surface area contributed by atoms with Gasteiger partial charge in [-0.05, 0) is 24.3 Å². The molecule has 2 rings (SSSR count). The second kappa shape index (κ2) is 7.61. The van der Waals surface area contributed by atoms with E-state index in [1.807, 2.05) is 0 Å². The van der Waals surface area contributed by atoms with Crippen LogP contribution in [0.2, 0.25) is 0 Å². The van der Waals surface area contributed by atoms with Crippen LogP contribution in [-0.4, -0.2) is 44.2 Å². The second-order valence-corrected chi connectivity index (χ2v) is 4.66. The van der Waals surface area contributed by atoms with Gasteiger partial charge in [0.2, 0.25) is 11.8 Å². The monoisotopic (exact) mass is 293 g/mol. The van der Waals surface area contributed by atoms with Crippen LogP contribution >= 0.6 is 0 Å². The molecule has 1 aliphatic rings. The first kappa shape index (κ1) is 15.3. The van der Waals surface area contributed by atoms with Crippen molar-refractivity contribution in [1.82, 2.24) is 5.32 Å². The molecule has 4 N–H and O–H groups in total. The summed E-state index contributed by atoms with van der Waals surface area (Å²) >= 11 is 0. The normalized spacial score (nSPS) is 18.0. The molecule has 114 valence electrons. The molecule has 1 fully saturated rings. The van der Waals surface area contributed by atoms with Crippen LogP contribution in [-0.2, 0) is 14.3 Å². The van der Waals surface area contributed by atoms with E-state index in [0.29, 0.717) is 31.2 Å². The molecule has 1 aromatic rings. The Bertz CT molecular complexity index is 483. The summed E-state index contributed by atoms with van der Waals surface area (Å²) in [6, 6.07) is 6.59. The summed E-state index contributed by atoms with van der Waals surface area (Å²) < 4.78 is 10.6. The second-order valence-electron chi connectivity index (χ2n) is 4.66. The van der Waals surface area contributed by atoms with Crippen molar-refractivity contribution in [3.05, 3.63) is 24.3 Å². The predicted molar refractivity (Wildman–Crippen MR) is 77.0 cm³/mol. The lowest BCUT2D eigenvalue weighted by molar-refractivity contribution is -0.121. The Balaban J connectivity index is 1.81. The largest absolute Gasteiger partial charge is 0.493 e. The lowest BCUT2D eigenvalue weighted by Crippen LogP contribution is -2.48. The number of rotatable bonds is 6. The van der Waals surface area contributed by atoms with Crippen LogP contribution in [0.4, 0.5) is 5.69 Å². The van der Waals surface area contributed by atoms with Crippen molar-refractivity contribution in [3.8, 4) is 5.75 Å². The Morgan fingerprint density at radius 2 is 2.14 bits per heavy atom. The number of hydrogen-bond acceptors (Lipinski definition) is 5. The highest BCUT2D eigenvalue weighted by Gasteiger charge is 2.20. The topological polar surface area (TPSA) is 103 Å². The summed E-state index contributed by atoms with van der Waals surface area (Å²) in [4.78, 5) is 22.6. The third-order valence-corrected chi connectivity index (χ3v) is 2.98. The van der Waals surface area contributed by atoms with Gasteiger partial charge in [-0.25, -0.2) is 0 Å². The molecule has 7 heteroatoms. The number of nitrogens with one attached hydrogen (secondary N) is 2. The van der Waals surface area contributed by atoms with Gasteiger partial charge in [0, 0.05) is 12.2 Å². The van der Waals surface area contributed by atoms with Crippen molar-refractivity contribution in [2.24, 2.45) is 5.73 Å². The zero-order chi connectivity index (χ0) is 15.1. The minimum Gasteiger partial charge on any atom is -0.493 e. The molecule has 1 aliphatic heterocycles. The smallest absolute Gasteiger partial charge is 0.243 e. The molecular weight excluding hydrogens is 274 g/mol. The minimum absolute atomic E-state index is 0.128. The minimum atomic E-state index is -0.402. The lowest BCUT2D eigenvalue weighted by Gasteiger charge is -2.22. The zero-order valence-electron chi connectivity index (χ0n) is 11.6. The third kappa shape index (κ3) is 5.05. The van der Waals surface area contributed by atoms with Gasteiger partial charge in [0.1, 0.15) is 11.8 Å². The van der Waals surface area contributed by atoms with Gasteiger partial charge >= 0.3 is 0 Å². The highest BCUT2D eigenvalue weighted by molar-refractivity contribution is 5.95. The number of ether oxygens (including phenoxy) is 2. The fourth-order valence-corrected chi connectivity index (χ4v) is 1.87. The van der Waals surface area contributed by atoms with E-state index in [0.717, 1.165) is 0 Å². The highest BCUT2D eigenvalue weighted by atomic mass is 16.5. The van der Waals surface area contributed by atoms with Gasteiger partial charge in [-0.1, -0.05) is 0 Å². The standard InChI is InChI=1S/C14H19N3O4/c15-13(18)5-7-21-11-3-1-10(2-4-11)17-14(19)12-9-20-8-6-16-12/h1-4,12,16H,5-9H2,(H2,15,18)(H,17,19). The number of nitrogens with two attached hydrogens (primary N) is 1. The van der Waals surface area contributed by atoms with Crippen molar-refractivity contribution < 1.29 is 19.1 Å². The summed E-state index contributed by atoms with van der Waals surface area (Å²) in [6.45, 7) is 1.91. The number of primary amides is 1. The maximum absolute atomic E-state index is 12.0. The molecule has 1 atom stereocenters. The fraction of sp³-hybridized carbons (Fsp3) is 0.429. The number of hydrogen-bond donors (Lipinski definition) is 3. The van der Waals surface area contributed by atoms with Crippen LogP contribution in [0, 0.1) is 0 Å². The van der Waals surface area contributed by atoms with Crippen LogP contribution in [0.5, 0.6) is 5.75 Å². The summed E-state index contributed by atoms with van der Waals surface area (Å²) in [6.07, 6.45) is 0.172. The molecule has 1 saturated heterocycles. The highest BCUT2D eigenvalue weighted by Crippen LogP contribution is 2.16. The van der Waals surface area contributed by atoms with Crippen molar-refractivity contribution >= 4 is 17.5 Å². The maximum atomic E-state index is 12.0. The van der Waals surface area contributed by atoms with Crippen LogP contribution in [0.15, 0.2) is 24.3 Å². The third-order valence-electron chi connectivity index (χ3n) is 2.98. The Morgan fingerprint density at radius 3 is 2.76 bits per heavy atom. The van der Waals surface area contributed by atoms with Crippen LogP contribution < -0.4 is 21.1 Å². The van der Waals surface area contributed by atoms with E-state index in [4.69, 9.17) is 15.2 Å². The first-order valence-electron chi connectivity index (χ1n) is 6.78. The Kier molecular flexibility index (Phi) is 5.53.